The lowest BCUT2D eigenvalue weighted by Gasteiger charge is -2.20. The molecule has 8 heteroatoms. The van der Waals surface area contributed by atoms with Crippen molar-refractivity contribution in [3.8, 4) is 6.07 Å². The fourth-order valence-corrected chi connectivity index (χ4v) is 4.20. The lowest BCUT2D eigenvalue weighted by molar-refractivity contribution is -0.116. The highest BCUT2D eigenvalue weighted by molar-refractivity contribution is 6.37. The van der Waals surface area contributed by atoms with Crippen LogP contribution in [0.15, 0.2) is 65.8 Å². The number of hydrogen-bond donors (Lipinski definition) is 0. The van der Waals surface area contributed by atoms with E-state index in [0.717, 1.165) is 5.56 Å². The Morgan fingerprint density at radius 1 is 1.00 bits per heavy atom. The highest BCUT2D eigenvalue weighted by Crippen LogP contribution is 2.41. The Morgan fingerprint density at radius 2 is 1.65 bits per heavy atom. The second-order valence-corrected chi connectivity index (χ2v) is 8.20. The van der Waals surface area contributed by atoms with Crippen molar-refractivity contribution in [2.45, 2.75) is 12.8 Å². The summed E-state index contributed by atoms with van der Waals surface area (Å²) in [5.74, 6) is -1.15. The van der Waals surface area contributed by atoms with E-state index < -0.39 is 5.92 Å². The molecule has 0 aliphatic carbocycles. The van der Waals surface area contributed by atoms with Crippen molar-refractivity contribution in [1.29, 1.82) is 5.26 Å². The van der Waals surface area contributed by atoms with Gasteiger partial charge in [0, 0.05) is 32.6 Å². The number of hydrazone groups is 1. The van der Waals surface area contributed by atoms with Crippen molar-refractivity contribution in [2.75, 3.05) is 5.01 Å². The van der Waals surface area contributed by atoms with Crippen LogP contribution < -0.4 is 5.01 Å². The van der Waals surface area contributed by atoms with Crippen molar-refractivity contribution in [2.24, 2.45) is 5.10 Å². The highest BCUT2D eigenvalue weighted by Gasteiger charge is 2.24. The third kappa shape index (κ3) is 5.39. The SMILES string of the molecule is CC(=O)N(N=Cc1ccccc1)c1cc(Cl)c(C(C#N)c2ccc(Cl)cc2Cl)c(Cl)c1. The fraction of sp³-hybridized carbons (Fsp3) is 0.0870. The molecule has 3 aromatic carbocycles. The molecule has 3 aromatic rings. The predicted molar refractivity (Wildman–Crippen MR) is 128 cm³/mol. The van der Waals surface area contributed by atoms with Gasteiger partial charge >= 0.3 is 0 Å². The molecule has 4 nitrogen and oxygen atoms in total. The third-order valence-electron chi connectivity index (χ3n) is 4.42. The first-order valence-electron chi connectivity index (χ1n) is 9.05. The van der Waals surface area contributed by atoms with Crippen LogP contribution in [0.4, 0.5) is 5.69 Å². The minimum Gasteiger partial charge on any atom is -0.273 e. The molecule has 3 rings (SSSR count). The molecule has 0 aliphatic rings. The first-order chi connectivity index (χ1) is 14.8. The van der Waals surface area contributed by atoms with Crippen molar-refractivity contribution < 1.29 is 4.79 Å². The van der Waals surface area contributed by atoms with Crippen molar-refractivity contribution in [3.05, 3.63) is 97.4 Å². The van der Waals surface area contributed by atoms with E-state index in [-0.39, 0.29) is 16.0 Å². The van der Waals surface area contributed by atoms with E-state index in [1.807, 2.05) is 30.3 Å². The number of carbonyl (C=O) groups is 1. The van der Waals surface area contributed by atoms with Gasteiger partial charge in [0.15, 0.2) is 0 Å². The van der Waals surface area contributed by atoms with Gasteiger partial charge < -0.3 is 0 Å². The number of nitrogens with zero attached hydrogens (tertiary/aromatic N) is 3. The lowest BCUT2D eigenvalue weighted by atomic mass is 9.92. The summed E-state index contributed by atoms with van der Waals surface area (Å²) in [4.78, 5) is 12.2. The molecule has 0 aromatic heterocycles. The van der Waals surface area contributed by atoms with Gasteiger partial charge in [-0.25, -0.2) is 5.01 Å². The Morgan fingerprint density at radius 3 is 2.19 bits per heavy atom. The molecule has 0 saturated heterocycles. The maximum atomic E-state index is 12.2. The van der Waals surface area contributed by atoms with Crippen molar-refractivity contribution in [3.63, 3.8) is 0 Å². The summed E-state index contributed by atoms with van der Waals surface area (Å²) in [6, 6.07) is 19.5. The largest absolute Gasteiger partial charge is 0.273 e. The summed E-state index contributed by atoms with van der Waals surface area (Å²) in [5.41, 5.74) is 2.10. The number of amides is 1. The standard InChI is InChI=1S/C23H15Cl4N3O/c1-14(31)30(29-13-15-5-3-2-4-6-15)17-10-21(26)23(22(27)11-17)19(12-28)18-8-7-16(24)9-20(18)25/h2-11,13,19H,1H3. The van der Waals surface area contributed by atoms with Gasteiger partial charge in [0.05, 0.1) is 18.0 Å². The van der Waals surface area contributed by atoms with E-state index in [0.29, 0.717) is 26.9 Å². The van der Waals surface area contributed by atoms with Gasteiger partial charge in [-0.1, -0.05) is 82.8 Å². The maximum absolute atomic E-state index is 12.2. The summed E-state index contributed by atoms with van der Waals surface area (Å²) >= 11 is 25.3. The number of carbonyl (C=O) groups excluding carboxylic acids is 1. The number of rotatable bonds is 5. The van der Waals surface area contributed by atoms with E-state index >= 15 is 0 Å². The molecule has 156 valence electrons. The van der Waals surface area contributed by atoms with Crippen LogP contribution in [0, 0.1) is 11.3 Å². The van der Waals surface area contributed by atoms with Crippen LogP contribution in [0.5, 0.6) is 0 Å². The molecule has 0 radical (unpaired) electrons. The topological polar surface area (TPSA) is 56.5 Å². The Hall–Kier alpha value is -2.55. The normalized spacial score (nSPS) is 11.9. The Bertz CT molecular complexity index is 1170. The van der Waals surface area contributed by atoms with E-state index in [1.54, 1.807) is 36.5 Å². The predicted octanol–water partition coefficient (Wildman–Crippen LogP) is 7.34. The molecule has 0 N–H and O–H groups in total. The van der Waals surface area contributed by atoms with Crippen LogP contribution in [-0.2, 0) is 4.79 Å². The zero-order valence-electron chi connectivity index (χ0n) is 16.2. The van der Waals surface area contributed by atoms with Crippen molar-refractivity contribution in [1.82, 2.24) is 0 Å². The molecule has 0 aliphatic heterocycles. The van der Waals surface area contributed by atoms with Crippen LogP contribution in [0.2, 0.25) is 20.1 Å². The fourth-order valence-electron chi connectivity index (χ4n) is 2.99. The Balaban J connectivity index is 2.02. The average molecular weight is 491 g/mol. The second kappa shape index (κ2) is 10.2. The summed E-state index contributed by atoms with van der Waals surface area (Å²) < 4.78 is 0. The maximum Gasteiger partial charge on any atom is 0.244 e. The van der Waals surface area contributed by atoms with Gasteiger partial charge in [0.1, 0.15) is 5.92 Å². The molecule has 1 amide bonds. The van der Waals surface area contributed by atoms with Gasteiger partial charge in [-0.15, -0.1) is 0 Å². The van der Waals surface area contributed by atoms with Crippen LogP contribution in [0.1, 0.15) is 29.5 Å². The van der Waals surface area contributed by atoms with Crippen LogP contribution in [-0.4, -0.2) is 12.1 Å². The van der Waals surface area contributed by atoms with Gasteiger partial charge in [-0.05, 0) is 35.4 Å². The number of benzene rings is 3. The van der Waals surface area contributed by atoms with Gasteiger partial charge in [-0.3, -0.25) is 4.79 Å². The van der Waals surface area contributed by atoms with Crippen LogP contribution in [0.25, 0.3) is 0 Å². The monoisotopic (exact) mass is 489 g/mol. The third-order valence-corrected chi connectivity index (χ3v) is 5.61. The smallest absolute Gasteiger partial charge is 0.244 e. The van der Waals surface area contributed by atoms with Crippen LogP contribution >= 0.6 is 46.4 Å². The van der Waals surface area contributed by atoms with E-state index in [4.69, 9.17) is 46.4 Å². The lowest BCUT2D eigenvalue weighted by Crippen LogP contribution is -2.22. The molecule has 0 saturated carbocycles. The Labute approximate surface area is 200 Å². The first kappa shape index (κ1) is 23.1. The van der Waals surface area contributed by atoms with Gasteiger partial charge in [0.2, 0.25) is 5.91 Å². The number of halogens is 4. The first-order valence-corrected chi connectivity index (χ1v) is 10.6. The van der Waals surface area contributed by atoms with E-state index in [1.165, 1.54) is 11.9 Å². The zero-order chi connectivity index (χ0) is 22.5. The molecule has 0 fully saturated rings. The molecular weight excluding hydrogens is 476 g/mol. The van der Waals surface area contributed by atoms with E-state index in [9.17, 15) is 10.1 Å². The molecule has 31 heavy (non-hydrogen) atoms. The second-order valence-electron chi connectivity index (χ2n) is 6.54. The zero-order valence-corrected chi connectivity index (χ0v) is 19.2. The minimum absolute atomic E-state index is 0.209. The summed E-state index contributed by atoms with van der Waals surface area (Å²) in [7, 11) is 0. The van der Waals surface area contributed by atoms with Crippen molar-refractivity contribution >= 4 is 64.2 Å². The highest BCUT2D eigenvalue weighted by atomic mass is 35.5. The van der Waals surface area contributed by atoms with Gasteiger partial charge in [0.25, 0.3) is 0 Å². The molecular formula is C23H15Cl4N3O. The summed E-state index contributed by atoms with van der Waals surface area (Å²) in [5, 5.41) is 16.5. The number of anilines is 1. The van der Waals surface area contributed by atoms with Gasteiger partial charge in [-0.2, -0.15) is 10.4 Å². The Kier molecular flexibility index (Phi) is 7.59. The molecule has 0 spiro atoms. The van der Waals surface area contributed by atoms with E-state index in [2.05, 4.69) is 11.2 Å². The summed E-state index contributed by atoms with van der Waals surface area (Å²) in [6.45, 7) is 1.38. The number of hydrogen-bond acceptors (Lipinski definition) is 3. The molecule has 0 heterocycles. The molecule has 1 atom stereocenters. The average Bonchev–Trinajstić information content (AvgIpc) is 2.72. The molecule has 0 bridgehead atoms. The molecule has 1 unspecified atom stereocenters. The number of nitriles is 1. The van der Waals surface area contributed by atoms with Crippen LogP contribution in [0.3, 0.4) is 0 Å². The minimum atomic E-state index is -0.822. The summed E-state index contributed by atoms with van der Waals surface area (Å²) in [6.07, 6.45) is 1.56. The quantitative estimate of drug-likeness (QED) is 0.277.